The van der Waals surface area contributed by atoms with Crippen LogP contribution in [0.1, 0.15) is 58.6 Å². The van der Waals surface area contributed by atoms with Gasteiger partial charge >= 0.3 is 6.09 Å². The molecule has 0 unspecified atom stereocenters. The number of carbonyl (C=O) groups is 3. The van der Waals surface area contributed by atoms with Gasteiger partial charge in [-0.25, -0.2) is 9.18 Å². The zero-order chi connectivity index (χ0) is 26.6. The lowest BCUT2D eigenvalue weighted by Gasteiger charge is -2.39. The minimum absolute atomic E-state index is 0.0325. The molecular weight excluding hydrogens is 477 g/mol. The smallest absolute Gasteiger partial charge is 0.408 e. The highest BCUT2D eigenvalue weighted by molar-refractivity contribution is 5.89. The molecule has 5 rings (SSSR count). The molecule has 0 radical (unpaired) electrons. The predicted molar refractivity (Wildman–Crippen MR) is 131 cm³/mol. The molecule has 1 aliphatic carbocycles. The number of piperazine rings is 1. The van der Waals surface area contributed by atoms with Crippen molar-refractivity contribution in [2.45, 2.75) is 88.8 Å². The molecule has 2 bridgehead atoms. The normalized spacial score (nSPS) is 30.1. The Bertz CT molecular complexity index is 1130. The number of ether oxygens (including phenoxy) is 1. The maximum Gasteiger partial charge on any atom is 0.408 e. The first-order valence-electron chi connectivity index (χ1n) is 13.0. The SMILES string of the molecule is C[C@@H](c1ccc(F)cc1)N1C(=O)[C@@H]2C[C@H]1CN2C[C@H](NC(=O)OC(C)(C)C)C(=O)N1[C@H](C#N)C[C@@H]2C[C@@H]21. The molecule has 3 heterocycles. The van der Waals surface area contributed by atoms with Gasteiger partial charge in [0.2, 0.25) is 11.8 Å². The summed E-state index contributed by atoms with van der Waals surface area (Å²) in [7, 11) is 0. The predicted octanol–water partition coefficient (Wildman–Crippen LogP) is 2.58. The van der Waals surface area contributed by atoms with Gasteiger partial charge in [-0.1, -0.05) is 12.1 Å². The zero-order valence-electron chi connectivity index (χ0n) is 21.7. The first-order valence-corrected chi connectivity index (χ1v) is 13.0. The number of amides is 3. The van der Waals surface area contributed by atoms with Crippen LogP contribution in [0.5, 0.6) is 0 Å². The largest absolute Gasteiger partial charge is 0.444 e. The molecule has 3 aliphatic heterocycles. The maximum absolute atomic E-state index is 13.7. The van der Waals surface area contributed by atoms with Crippen LogP contribution in [0.4, 0.5) is 9.18 Å². The van der Waals surface area contributed by atoms with Gasteiger partial charge in [0.25, 0.3) is 0 Å². The molecular formula is C27H34FN5O4. The second kappa shape index (κ2) is 9.28. The molecule has 0 aromatic heterocycles. The molecule has 9 nitrogen and oxygen atoms in total. The van der Waals surface area contributed by atoms with E-state index < -0.39 is 29.8 Å². The summed E-state index contributed by atoms with van der Waals surface area (Å²) in [6.45, 7) is 7.91. The Morgan fingerprint density at radius 1 is 1.22 bits per heavy atom. The number of likely N-dealkylation sites (tertiary alicyclic amines) is 3. The van der Waals surface area contributed by atoms with E-state index in [1.807, 2.05) is 16.7 Å². The average Bonchev–Trinajstić information content (AvgIpc) is 3.15. The van der Waals surface area contributed by atoms with E-state index in [1.54, 1.807) is 37.8 Å². The highest BCUT2D eigenvalue weighted by Crippen LogP contribution is 2.48. The number of alkyl carbamates (subject to hydrolysis) is 1. The number of benzene rings is 1. The van der Waals surface area contributed by atoms with E-state index in [0.29, 0.717) is 25.3 Å². The van der Waals surface area contributed by atoms with Gasteiger partial charge in [0.15, 0.2) is 0 Å². The van der Waals surface area contributed by atoms with E-state index >= 15 is 0 Å². The molecule has 1 N–H and O–H groups in total. The van der Waals surface area contributed by atoms with Crippen LogP contribution in [0.2, 0.25) is 0 Å². The van der Waals surface area contributed by atoms with Crippen molar-refractivity contribution >= 4 is 17.9 Å². The van der Waals surface area contributed by atoms with E-state index in [-0.39, 0.29) is 42.3 Å². The van der Waals surface area contributed by atoms with Crippen LogP contribution in [-0.2, 0) is 14.3 Å². The first-order chi connectivity index (χ1) is 17.5. The second-order valence-electron chi connectivity index (χ2n) is 11.7. The Morgan fingerprint density at radius 2 is 1.92 bits per heavy atom. The zero-order valence-corrected chi connectivity index (χ0v) is 21.7. The molecule has 10 heteroatoms. The number of carbonyl (C=O) groups excluding carboxylic acids is 3. The van der Waals surface area contributed by atoms with Crippen molar-refractivity contribution in [3.63, 3.8) is 0 Å². The third kappa shape index (κ3) is 4.89. The Morgan fingerprint density at radius 3 is 2.54 bits per heavy atom. The molecule has 0 spiro atoms. The van der Waals surface area contributed by atoms with Crippen LogP contribution in [0.15, 0.2) is 24.3 Å². The standard InChI is InChI=1S/C27H34FN5O4/c1-15(16-5-7-18(28)8-6-16)32-20-11-23(25(32)35)31(13-20)14-21(30-26(36)37-27(2,3)4)24(34)33-19(12-29)9-17-10-22(17)33/h5-8,15,17,19-23H,9-11,13-14H2,1-4H3,(H,30,36)/t15-,17+,19-,20-,21-,22-,23-/m0/s1. The summed E-state index contributed by atoms with van der Waals surface area (Å²) in [6, 6.07) is 6.39. The van der Waals surface area contributed by atoms with Crippen LogP contribution in [0, 0.1) is 23.1 Å². The summed E-state index contributed by atoms with van der Waals surface area (Å²) in [5, 5.41) is 12.3. The Balaban J connectivity index is 1.30. The topological polar surface area (TPSA) is 106 Å². The van der Waals surface area contributed by atoms with Crippen molar-refractivity contribution in [2.24, 2.45) is 5.92 Å². The van der Waals surface area contributed by atoms with Gasteiger partial charge in [-0.15, -0.1) is 0 Å². The molecule has 7 atom stereocenters. The number of hydrogen-bond donors (Lipinski definition) is 1. The number of nitrogens with zero attached hydrogens (tertiary/aromatic N) is 4. The van der Waals surface area contributed by atoms with Crippen LogP contribution < -0.4 is 5.32 Å². The lowest BCUT2D eigenvalue weighted by molar-refractivity contribution is -0.141. The highest BCUT2D eigenvalue weighted by Gasteiger charge is 2.56. The molecule has 198 valence electrons. The van der Waals surface area contributed by atoms with Crippen molar-refractivity contribution in [3.8, 4) is 6.07 Å². The number of halogens is 1. The fourth-order valence-electron chi connectivity index (χ4n) is 6.24. The summed E-state index contributed by atoms with van der Waals surface area (Å²) in [5.74, 6) is -0.301. The fourth-order valence-corrected chi connectivity index (χ4v) is 6.24. The maximum atomic E-state index is 13.7. The van der Waals surface area contributed by atoms with E-state index in [1.165, 1.54) is 12.1 Å². The average molecular weight is 512 g/mol. The third-order valence-corrected chi connectivity index (χ3v) is 8.00. The van der Waals surface area contributed by atoms with E-state index in [4.69, 9.17) is 4.74 Å². The molecule has 1 saturated carbocycles. The van der Waals surface area contributed by atoms with Crippen LogP contribution >= 0.6 is 0 Å². The number of hydrogen-bond acceptors (Lipinski definition) is 6. The van der Waals surface area contributed by atoms with Gasteiger partial charge in [0, 0.05) is 25.2 Å². The summed E-state index contributed by atoms with van der Waals surface area (Å²) < 4.78 is 18.8. The monoisotopic (exact) mass is 511 g/mol. The third-order valence-electron chi connectivity index (χ3n) is 8.00. The molecule has 3 amide bonds. The number of piperidine rings is 1. The minimum atomic E-state index is -0.930. The molecule has 1 aromatic carbocycles. The van der Waals surface area contributed by atoms with E-state index in [0.717, 1.165) is 12.0 Å². The Kier molecular flexibility index (Phi) is 6.39. The summed E-state index contributed by atoms with van der Waals surface area (Å²) in [5.41, 5.74) is 0.131. The van der Waals surface area contributed by atoms with Crippen molar-refractivity contribution < 1.29 is 23.5 Å². The summed E-state index contributed by atoms with van der Waals surface area (Å²) in [6.07, 6.45) is 1.47. The van der Waals surface area contributed by atoms with Crippen molar-refractivity contribution in [3.05, 3.63) is 35.6 Å². The van der Waals surface area contributed by atoms with Gasteiger partial charge in [-0.2, -0.15) is 5.26 Å². The Hall–Kier alpha value is -3.19. The molecule has 4 aliphatic rings. The highest BCUT2D eigenvalue weighted by atomic mass is 19.1. The van der Waals surface area contributed by atoms with Crippen LogP contribution in [-0.4, -0.2) is 81.5 Å². The summed E-state index contributed by atoms with van der Waals surface area (Å²) >= 11 is 0. The lowest BCUT2D eigenvalue weighted by Crippen LogP contribution is -2.59. The minimum Gasteiger partial charge on any atom is -0.444 e. The first kappa shape index (κ1) is 25.5. The molecule has 37 heavy (non-hydrogen) atoms. The quantitative estimate of drug-likeness (QED) is 0.629. The van der Waals surface area contributed by atoms with Gasteiger partial charge in [0.05, 0.1) is 18.2 Å². The van der Waals surface area contributed by atoms with Gasteiger partial charge in [-0.05, 0) is 70.6 Å². The molecule has 4 fully saturated rings. The van der Waals surface area contributed by atoms with Crippen molar-refractivity contribution in [2.75, 3.05) is 13.1 Å². The second-order valence-corrected chi connectivity index (χ2v) is 11.7. The number of fused-ring (bicyclic) bond motifs is 3. The molecule has 1 aromatic rings. The number of nitriles is 1. The fraction of sp³-hybridized carbons (Fsp3) is 0.630. The Labute approximate surface area is 216 Å². The van der Waals surface area contributed by atoms with Crippen LogP contribution in [0.3, 0.4) is 0 Å². The van der Waals surface area contributed by atoms with Gasteiger partial charge in [0.1, 0.15) is 23.5 Å². The van der Waals surface area contributed by atoms with E-state index in [9.17, 15) is 24.0 Å². The van der Waals surface area contributed by atoms with Gasteiger partial charge in [-0.3, -0.25) is 14.5 Å². The number of rotatable bonds is 6. The van der Waals surface area contributed by atoms with Gasteiger partial charge < -0.3 is 19.9 Å². The van der Waals surface area contributed by atoms with Crippen molar-refractivity contribution in [1.29, 1.82) is 5.26 Å². The van der Waals surface area contributed by atoms with Crippen LogP contribution in [0.25, 0.3) is 0 Å². The lowest BCUT2D eigenvalue weighted by atomic mass is 10.1. The molecule has 3 saturated heterocycles. The van der Waals surface area contributed by atoms with E-state index in [2.05, 4.69) is 11.4 Å². The number of nitrogens with one attached hydrogen (secondary N) is 1. The summed E-state index contributed by atoms with van der Waals surface area (Å²) in [4.78, 5) is 45.2. The van der Waals surface area contributed by atoms with Crippen molar-refractivity contribution in [1.82, 2.24) is 20.0 Å².